The van der Waals surface area contributed by atoms with Crippen LogP contribution in [0.3, 0.4) is 0 Å². The molecule has 2 rings (SSSR count). The van der Waals surface area contributed by atoms with Crippen LogP contribution in [0.5, 0.6) is 0 Å². The third kappa shape index (κ3) is 10.7. The van der Waals surface area contributed by atoms with Crippen molar-refractivity contribution in [1.29, 1.82) is 0 Å². The number of esters is 1. The van der Waals surface area contributed by atoms with Crippen LogP contribution in [0, 0.1) is 5.92 Å². The molecule has 0 bridgehead atoms. The van der Waals surface area contributed by atoms with E-state index in [2.05, 4.69) is 16.0 Å². The second-order valence-corrected chi connectivity index (χ2v) is 9.67. The molecule has 0 aromatic heterocycles. The van der Waals surface area contributed by atoms with E-state index in [1.807, 2.05) is 74.5 Å². The van der Waals surface area contributed by atoms with Gasteiger partial charge in [-0.2, -0.15) is 0 Å². The molecule has 3 amide bonds. The summed E-state index contributed by atoms with van der Waals surface area (Å²) in [5, 5.41) is 8.35. The Morgan fingerprint density at radius 3 is 1.76 bits per heavy atom. The summed E-state index contributed by atoms with van der Waals surface area (Å²) in [5.74, 6) is -1.76. The molecule has 0 aliphatic rings. The van der Waals surface area contributed by atoms with E-state index < -0.39 is 35.9 Å². The molecule has 0 saturated heterocycles. The van der Waals surface area contributed by atoms with Crippen molar-refractivity contribution in [1.82, 2.24) is 16.0 Å². The minimum absolute atomic E-state index is 0.0727. The standard InChI is InChI=1S/C29H40N4O5/c1-20(2)17-23(27(35)33-25(29(37)38-3)19-22-13-8-5-9-14-22)32-28(36)24(31-26(34)15-10-16-30)18-21-11-6-4-7-12-21/h4-9,11-14,20,23-25H,10,15-19,30H2,1-3H3,(H,31,34)(H,32,36)(H,33,35)/t23-,24-,25-/m0/s1. The molecule has 0 saturated carbocycles. The van der Waals surface area contributed by atoms with Crippen molar-refractivity contribution in [2.45, 2.75) is 64.1 Å². The summed E-state index contributed by atoms with van der Waals surface area (Å²) in [5.41, 5.74) is 7.24. The predicted molar refractivity (Wildman–Crippen MR) is 146 cm³/mol. The van der Waals surface area contributed by atoms with E-state index >= 15 is 0 Å². The van der Waals surface area contributed by atoms with Crippen LogP contribution in [0.4, 0.5) is 0 Å². The topological polar surface area (TPSA) is 140 Å². The summed E-state index contributed by atoms with van der Waals surface area (Å²) in [7, 11) is 1.27. The average Bonchev–Trinajstić information content (AvgIpc) is 2.91. The maximum absolute atomic E-state index is 13.4. The number of ether oxygens (including phenoxy) is 1. The van der Waals surface area contributed by atoms with Gasteiger partial charge in [0.1, 0.15) is 18.1 Å². The minimum Gasteiger partial charge on any atom is -0.467 e. The molecular formula is C29H40N4O5. The number of carbonyl (C=O) groups is 4. The molecule has 0 unspecified atom stereocenters. The number of nitrogens with two attached hydrogens (primary N) is 1. The number of rotatable bonds is 15. The highest BCUT2D eigenvalue weighted by molar-refractivity contribution is 5.93. The molecular weight excluding hydrogens is 484 g/mol. The van der Waals surface area contributed by atoms with Gasteiger partial charge in [0, 0.05) is 19.3 Å². The van der Waals surface area contributed by atoms with Crippen molar-refractivity contribution in [3.05, 3.63) is 71.8 Å². The fraction of sp³-hybridized carbons (Fsp3) is 0.448. The predicted octanol–water partition coefficient (Wildman–Crippen LogP) is 1.88. The van der Waals surface area contributed by atoms with Crippen LogP contribution in [0.2, 0.25) is 0 Å². The highest BCUT2D eigenvalue weighted by atomic mass is 16.5. The normalized spacial score (nSPS) is 13.2. The molecule has 0 spiro atoms. The fourth-order valence-corrected chi connectivity index (χ4v) is 4.02. The first-order chi connectivity index (χ1) is 18.2. The first kappa shape index (κ1) is 30.5. The van der Waals surface area contributed by atoms with Gasteiger partial charge in [0.15, 0.2) is 0 Å². The maximum Gasteiger partial charge on any atom is 0.328 e. The third-order valence-corrected chi connectivity index (χ3v) is 5.97. The summed E-state index contributed by atoms with van der Waals surface area (Å²) in [6, 6.07) is 15.9. The number of amides is 3. The van der Waals surface area contributed by atoms with Crippen molar-refractivity contribution in [3.63, 3.8) is 0 Å². The molecule has 2 aromatic rings. The lowest BCUT2D eigenvalue weighted by Gasteiger charge is -2.26. The summed E-state index contributed by atoms with van der Waals surface area (Å²) >= 11 is 0. The summed E-state index contributed by atoms with van der Waals surface area (Å²) < 4.78 is 4.91. The van der Waals surface area contributed by atoms with E-state index in [1.54, 1.807) is 0 Å². The Balaban J connectivity index is 2.19. The van der Waals surface area contributed by atoms with E-state index in [9.17, 15) is 19.2 Å². The van der Waals surface area contributed by atoms with Gasteiger partial charge in [-0.15, -0.1) is 0 Å². The molecule has 38 heavy (non-hydrogen) atoms. The Morgan fingerprint density at radius 2 is 1.26 bits per heavy atom. The molecule has 2 aromatic carbocycles. The monoisotopic (exact) mass is 524 g/mol. The summed E-state index contributed by atoms with van der Waals surface area (Å²) in [6.07, 6.45) is 1.55. The van der Waals surface area contributed by atoms with Crippen molar-refractivity contribution in [3.8, 4) is 0 Å². The average molecular weight is 525 g/mol. The van der Waals surface area contributed by atoms with Crippen LogP contribution >= 0.6 is 0 Å². The molecule has 3 atom stereocenters. The van der Waals surface area contributed by atoms with Gasteiger partial charge in [0.25, 0.3) is 0 Å². The van der Waals surface area contributed by atoms with Gasteiger partial charge in [0.05, 0.1) is 7.11 Å². The molecule has 9 nitrogen and oxygen atoms in total. The molecule has 0 fully saturated rings. The Kier molecular flexibility index (Phi) is 13.0. The zero-order valence-corrected chi connectivity index (χ0v) is 22.4. The van der Waals surface area contributed by atoms with Crippen molar-refractivity contribution in [2.75, 3.05) is 13.7 Å². The van der Waals surface area contributed by atoms with Crippen molar-refractivity contribution in [2.24, 2.45) is 11.7 Å². The van der Waals surface area contributed by atoms with E-state index in [0.717, 1.165) is 11.1 Å². The van der Waals surface area contributed by atoms with Crippen LogP contribution in [0.1, 0.15) is 44.2 Å². The van der Waals surface area contributed by atoms with Crippen molar-refractivity contribution >= 4 is 23.7 Å². The number of nitrogens with one attached hydrogen (secondary N) is 3. The summed E-state index contributed by atoms with van der Waals surface area (Å²) in [6.45, 7) is 4.23. The van der Waals surface area contributed by atoms with Gasteiger partial charge in [-0.3, -0.25) is 14.4 Å². The fourth-order valence-electron chi connectivity index (χ4n) is 4.02. The van der Waals surface area contributed by atoms with Gasteiger partial charge in [-0.1, -0.05) is 74.5 Å². The molecule has 0 heterocycles. The lowest BCUT2D eigenvalue weighted by Crippen LogP contribution is -2.56. The van der Waals surface area contributed by atoms with Crippen LogP contribution < -0.4 is 21.7 Å². The molecule has 0 radical (unpaired) electrons. The van der Waals surface area contributed by atoms with Gasteiger partial charge in [-0.25, -0.2) is 4.79 Å². The van der Waals surface area contributed by atoms with Crippen molar-refractivity contribution < 1.29 is 23.9 Å². The zero-order chi connectivity index (χ0) is 27.9. The van der Waals surface area contributed by atoms with Crippen LogP contribution in [0.25, 0.3) is 0 Å². The Bertz CT molecular complexity index is 1030. The van der Waals surface area contributed by atoms with Gasteiger partial charge in [-0.05, 0) is 36.4 Å². The number of benzene rings is 2. The van der Waals surface area contributed by atoms with Crippen LogP contribution in [-0.2, 0) is 36.8 Å². The Morgan fingerprint density at radius 1 is 0.763 bits per heavy atom. The molecule has 5 N–H and O–H groups in total. The third-order valence-electron chi connectivity index (χ3n) is 5.97. The quantitative estimate of drug-likeness (QED) is 0.262. The van der Waals surface area contributed by atoms with E-state index in [-0.39, 0.29) is 31.1 Å². The first-order valence-corrected chi connectivity index (χ1v) is 13.0. The largest absolute Gasteiger partial charge is 0.467 e. The molecule has 9 heteroatoms. The number of methoxy groups -OCH3 is 1. The SMILES string of the molecule is COC(=O)[C@H](Cc1ccccc1)NC(=O)[C@H](CC(C)C)NC(=O)[C@H](Cc1ccccc1)NC(=O)CCCN. The smallest absolute Gasteiger partial charge is 0.328 e. The minimum atomic E-state index is -0.919. The van der Waals surface area contributed by atoms with Gasteiger partial charge in [0.2, 0.25) is 17.7 Å². The lowest BCUT2D eigenvalue weighted by atomic mass is 10.00. The van der Waals surface area contributed by atoms with Gasteiger partial charge >= 0.3 is 5.97 Å². The number of carbonyl (C=O) groups excluding carboxylic acids is 4. The first-order valence-electron chi connectivity index (χ1n) is 13.0. The zero-order valence-electron chi connectivity index (χ0n) is 22.4. The maximum atomic E-state index is 13.4. The highest BCUT2D eigenvalue weighted by Crippen LogP contribution is 2.10. The van der Waals surface area contributed by atoms with E-state index in [4.69, 9.17) is 10.5 Å². The number of hydrogen-bond acceptors (Lipinski definition) is 6. The highest BCUT2D eigenvalue weighted by Gasteiger charge is 2.30. The lowest BCUT2D eigenvalue weighted by molar-refractivity contribution is -0.145. The Hall–Kier alpha value is -3.72. The molecule has 0 aliphatic heterocycles. The number of hydrogen-bond donors (Lipinski definition) is 4. The van der Waals surface area contributed by atoms with E-state index in [1.165, 1.54) is 7.11 Å². The van der Waals surface area contributed by atoms with Crippen LogP contribution in [-0.4, -0.2) is 55.5 Å². The van der Waals surface area contributed by atoms with E-state index in [0.29, 0.717) is 19.4 Å². The molecule has 0 aliphatic carbocycles. The van der Waals surface area contributed by atoms with Crippen LogP contribution in [0.15, 0.2) is 60.7 Å². The second kappa shape index (κ2) is 16.2. The van der Waals surface area contributed by atoms with Gasteiger partial charge < -0.3 is 26.4 Å². The summed E-state index contributed by atoms with van der Waals surface area (Å²) in [4.78, 5) is 51.7. The second-order valence-electron chi connectivity index (χ2n) is 9.67. The Labute approximate surface area is 224 Å². The molecule has 206 valence electrons.